The summed E-state index contributed by atoms with van der Waals surface area (Å²) in [5.41, 5.74) is 0.735. The number of hydrogen-bond donors (Lipinski definition) is 2. The summed E-state index contributed by atoms with van der Waals surface area (Å²) in [5.74, 6) is -1.72. The van der Waals surface area contributed by atoms with Crippen molar-refractivity contribution in [3.8, 4) is 11.3 Å². The molecule has 0 radical (unpaired) electrons. The van der Waals surface area contributed by atoms with Gasteiger partial charge in [-0.15, -0.1) is 0 Å². The monoisotopic (exact) mass is 441 g/mol. The second kappa shape index (κ2) is 6.73. The molecular weight excluding hydrogens is 429 g/mol. The van der Waals surface area contributed by atoms with E-state index in [4.69, 9.17) is 4.42 Å². The molecular formula is C17H13BrFNO5S. The van der Waals surface area contributed by atoms with Gasteiger partial charge in [0.2, 0.25) is 10.0 Å². The van der Waals surface area contributed by atoms with Crippen molar-refractivity contribution in [1.82, 2.24) is 0 Å². The number of carbonyl (C=O) groups is 1. The first-order valence-electron chi connectivity index (χ1n) is 7.47. The zero-order valence-corrected chi connectivity index (χ0v) is 15.8. The predicted molar refractivity (Wildman–Crippen MR) is 99.4 cm³/mol. The molecule has 0 atom stereocenters. The lowest BCUT2D eigenvalue weighted by atomic mass is 10.1. The van der Waals surface area contributed by atoms with Gasteiger partial charge in [-0.25, -0.2) is 17.6 Å². The number of sulfonamides is 1. The summed E-state index contributed by atoms with van der Waals surface area (Å²) < 4.78 is 45.2. The Balaban J connectivity index is 2.23. The van der Waals surface area contributed by atoms with Gasteiger partial charge in [0.15, 0.2) is 0 Å². The fraction of sp³-hybridized carbons (Fsp3) is 0.118. The SMILES string of the molecule is CCS(=O)(=O)Nc1cc2oc(-c3ccc(F)cc3)c(C(=O)O)c2cc1Br. The van der Waals surface area contributed by atoms with E-state index in [-0.39, 0.29) is 28.3 Å². The molecule has 3 aromatic rings. The van der Waals surface area contributed by atoms with E-state index in [0.29, 0.717) is 15.4 Å². The van der Waals surface area contributed by atoms with Gasteiger partial charge in [0.05, 0.1) is 11.4 Å². The maximum atomic E-state index is 13.1. The topological polar surface area (TPSA) is 96.6 Å². The highest BCUT2D eigenvalue weighted by molar-refractivity contribution is 9.10. The molecule has 1 aromatic heterocycles. The highest BCUT2D eigenvalue weighted by atomic mass is 79.9. The summed E-state index contributed by atoms with van der Waals surface area (Å²) in [5, 5.41) is 9.89. The molecule has 0 aliphatic rings. The summed E-state index contributed by atoms with van der Waals surface area (Å²) in [6.45, 7) is 1.50. The Bertz CT molecular complexity index is 1110. The minimum Gasteiger partial charge on any atom is -0.478 e. The number of nitrogens with one attached hydrogen (secondary N) is 1. The van der Waals surface area contributed by atoms with Crippen molar-refractivity contribution in [3.05, 3.63) is 52.3 Å². The van der Waals surface area contributed by atoms with E-state index in [0.717, 1.165) is 0 Å². The number of carboxylic acid groups (broad SMARTS) is 1. The van der Waals surface area contributed by atoms with Crippen molar-refractivity contribution in [2.75, 3.05) is 10.5 Å². The molecule has 136 valence electrons. The number of hydrogen-bond acceptors (Lipinski definition) is 4. The first kappa shape index (κ1) is 18.4. The van der Waals surface area contributed by atoms with Crippen molar-refractivity contribution >= 4 is 48.6 Å². The lowest BCUT2D eigenvalue weighted by molar-refractivity contribution is 0.0699. The maximum absolute atomic E-state index is 13.1. The lowest BCUT2D eigenvalue weighted by Gasteiger charge is -2.08. The van der Waals surface area contributed by atoms with E-state index in [2.05, 4.69) is 20.7 Å². The van der Waals surface area contributed by atoms with Gasteiger partial charge in [0, 0.05) is 21.5 Å². The number of aromatic carboxylic acids is 1. The Hall–Kier alpha value is -2.39. The van der Waals surface area contributed by atoms with E-state index < -0.39 is 21.8 Å². The molecule has 1 heterocycles. The van der Waals surface area contributed by atoms with Crippen LogP contribution in [0.5, 0.6) is 0 Å². The molecule has 0 unspecified atom stereocenters. The van der Waals surface area contributed by atoms with Crippen LogP contribution in [0.2, 0.25) is 0 Å². The zero-order valence-electron chi connectivity index (χ0n) is 13.4. The van der Waals surface area contributed by atoms with Gasteiger partial charge < -0.3 is 9.52 Å². The molecule has 0 bridgehead atoms. The average Bonchev–Trinajstić information content (AvgIpc) is 2.94. The van der Waals surface area contributed by atoms with Crippen LogP contribution in [0.25, 0.3) is 22.3 Å². The summed E-state index contributed by atoms with van der Waals surface area (Å²) in [7, 11) is -3.52. The van der Waals surface area contributed by atoms with Crippen molar-refractivity contribution in [1.29, 1.82) is 0 Å². The predicted octanol–water partition coefficient (Wildman–Crippen LogP) is 4.46. The van der Waals surface area contributed by atoms with Gasteiger partial charge in [0.25, 0.3) is 0 Å². The quantitative estimate of drug-likeness (QED) is 0.608. The summed E-state index contributed by atoms with van der Waals surface area (Å²) in [6, 6.07) is 8.11. The van der Waals surface area contributed by atoms with Crippen LogP contribution in [0.3, 0.4) is 0 Å². The van der Waals surface area contributed by atoms with Crippen LogP contribution in [-0.4, -0.2) is 25.2 Å². The van der Waals surface area contributed by atoms with Crippen molar-refractivity contribution in [2.24, 2.45) is 0 Å². The lowest BCUT2D eigenvalue weighted by Crippen LogP contribution is -2.14. The van der Waals surface area contributed by atoms with Gasteiger partial charge >= 0.3 is 5.97 Å². The Labute approximate surface area is 156 Å². The minimum atomic E-state index is -3.52. The summed E-state index contributed by atoms with van der Waals surface area (Å²) in [6.07, 6.45) is 0. The van der Waals surface area contributed by atoms with Crippen LogP contribution in [0, 0.1) is 5.82 Å². The zero-order chi connectivity index (χ0) is 19.1. The van der Waals surface area contributed by atoms with Gasteiger partial charge in [-0.1, -0.05) is 0 Å². The van der Waals surface area contributed by atoms with Crippen LogP contribution >= 0.6 is 15.9 Å². The number of benzene rings is 2. The highest BCUT2D eigenvalue weighted by Crippen LogP contribution is 2.38. The number of rotatable bonds is 5. The Kier molecular flexibility index (Phi) is 4.76. The van der Waals surface area contributed by atoms with Crippen LogP contribution in [0.15, 0.2) is 45.3 Å². The molecule has 0 spiro atoms. The number of fused-ring (bicyclic) bond motifs is 1. The first-order chi connectivity index (χ1) is 12.2. The molecule has 0 saturated heterocycles. The van der Waals surface area contributed by atoms with Gasteiger partial charge in [0.1, 0.15) is 22.7 Å². The minimum absolute atomic E-state index is 0.0647. The fourth-order valence-corrected chi connectivity index (χ4v) is 3.67. The molecule has 2 N–H and O–H groups in total. The van der Waals surface area contributed by atoms with Gasteiger partial charge in [-0.2, -0.15) is 0 Å². The van der Waals surface area contributed by atoms with E-state index >= 15 is 0 Å². The van der Waals surface area contributed by atoms with Crippen LogP contribution in [-0.2, 0) is 10.0 Å². The first-order valence-corrected chi connectivity index (χ1v) is 9.92. The second-order valence-electron chi connectivity index (χ2n) is 5.45. The third-order valence-electron chi connectivity index (χ3n) is 3.74. The van der Waals surface area contributed by atoms with E-state index in [1.165, 1.54) is 43.3 Å². The van der Waals surface area contributed by atoms with E-state index in [9.17, 15) is 22.7 Å². The molecule has 0 aliphatic carbocycles. The Morgan fingerprint density at radius 3 is 2.50 bits per heavy atom. The third kappa shape index (κ3) is 3.45. The third-order valence-corrected chi connectivity index (χ3v) is 5.69. The largest absolute Gasteiger partial charge is 0.478 e. The Morgan fingerprint density at radius 1 is 1.27 bits per heavy atom. The molecule has 9 heteroatoms. The molecule has 0 amide bonds. The van der Waals surface area contributed by atoms with Crippen LogP contribution < -0.4 is 4.72 Å². The summed E-state index contributed by atoms with van der Waals surface area (Å²) in [4.78, 5) is 11.7. The number of anilines is 1. The number of halogens is 2. The maximum Gasteiger partial charge on any atom is 0.340 e. The normalized spacial score (nSPS) is 11.7. The average molecular weight is 442 g/mol. The molecule has 26 heavy (non-hydrogen) atoms. The van der Waals surface area contributed by atoms with E-state index in [1.54, 1.807) is 0 Å². The second-order valence-corrected chi connectivity index (χ2v) is 8.32. The number of carboxylic acids is 1. The standard InChI is InChI=1S/C17H13BrFNO5S/c1-2-26(23,24)20-13-8-14-11(7-12(13)18)15(17(21)22)16(25-14)9-3-5-10(19)6-4-9/h3-8,20H,2H2,1H3,(H,21,22). The smallest absolute Gasteiger partial charge is 0.340 e. The molecule has 3 rings (SSSR count). The number of furan rings is 1. The van der Waals surface area contributed by atoms with Crippen LogP contribution in [0.1, 0.15) is 17.3 Å². The molecule has 0 fully saturated rings. The molecule has 6 nitrogen and oxygen atoms in total. The Morgan fingerprint density at radius 2 is 1.92 bits per heavy atom. The fourth-order valence-electron chi connectivity index (χ4n) is 2.45. The van der Waals surface area contributed by atoms with Gasteiger partial charge in [-0.3, -0.25) is 4.72 Å². The molecule has 2 aromatic carbocycles. The van der Waals surface area contributed by atoms with Crippen molar-refractivity contribution < 1.29 is 27.1 Å². The van der Waals surface area contributed by atoms with E-state index in [1.807, 2.05) is 0 Å². The van der Waals surface area contributed by atoms with Crippen molar-refractivity contribution in [3.63, 3.8) is 0 Å². The van der Waals surface area contributed by atoms with Crippen molar-refractivity contribution in [2.45, 2.75) is 6.92 Å². The highest BCUT2D eigenvalue weighted by Gasteiger charge is 2.23. The van der Waals surface area contributed by atoms with Crippen LogP contribution in [0.4, 0.5) is 10.1 Å². The summed E-state index contributed by atoms with van der Waals surface area (Å²) >= 11 is 3.25. The molecule has 0 saturated carbocycles. The molecule has 0 aliphatic heterocycles. The van der Waals surface area contributed by atoms with Gasteiger partial charge in [-0.05, 0) is 53.2 Å².